The Balaban J connectivity index is 0.000000261. The molecule has 0 aromatic heterocycles. The van der Waals surface area contributed by atoms with Gasteiger partial charge in [-0.1, -0.05) is 64.7 Å². The summed E-state index contributed by atoms with van der Waals surface area (Å²) in [4.78, 5) is 0. The predicted octanol–water partition coefficient (Wildman–Crippen LogP) is 2.17. The minimum absolute atomic E-state index is 0.0913. The fourth-order valence-corrected chi connectivity index (χ4v) is 1.46. The third-order valence-electron chi connectivity index (χ3n) is 1.38. The molecule has 1 rings (SSSR count). The molecule has 0 heterocycles. The molecule has 0 bridgehead atoms. The van der Waals surface area contributed by atoms with Crippen molar-refractivity contribution >= 4 is 37.3 Å². The molecule has 0 fully saturated rings. The third kappa shape index (κ3) is 6.73. The summed E-state index contributed by atoms with van der Waals surface area (Å²) in [5.74, 6) is 0. The molecule has 1 aromatic rings. The highest BCUT2D eigenvalue weighted by atomic mass is 127. The molecule has 1 aromatic carbocycles. The molecule has 66 valence electrons. The Bertz CT molecular complexity index is 172. The van der Waals surface area contributed by atoms with E-state index in [1.807, 2.05) is 0 Å². The van der Waals surface area contributed by atoms with Gasteiger partial charge < -0.3 is 0 Å². The quantitative estimate of drug-likeness (QED) is 0.339. The second-order valence-corrected chi connectivity index (χ2v) is 4.98. The van der Waals surface area contributed by atoms with Crippen molar-refractivity contribution in [3.63, 3.8) is 0 Å². The Morgan fingerprint density at radius 3 is 2.08 bits per heavy atom. The zero-order chi connectivity index (χ0) is 9.23. The monoisotopic (exact) mass is 291 g/mol. The molecule has 0 nitrogen and oxygen atoms in total. The fraction of sp³-hybridized carbons (Fsp3) is 0.300. The van der Waals surface area contributed by atoms with Crippen molar-refractivity contribution in [3.05, 3.63) is 37.3 Å². The van der Waals surface area contributed by atoms with E-state index in [2.05, 4.69) is 66.4 Å². The highest BCUT2D eigenvalue weighted by molar-refractivity contribution is 14.1. The highest BCUT2D eigenvalue weighted by Crippen LogP contribution is 1.81. The first-order chi connectivity index (χ1) is 5.85. The molecular formula is C10H16ISi+. The Kier molecular flexibility index (Phi) is 9.16. The van der Waals surface area contributed by atoms with Crippen LogP contribution in [0.5, 0.6) is 0 Å². The maximum atomic E-state index is 3.60. The van der Waals surface area contributed by atoms with Crippen LogP contribution >= 0.6 is 22.6 Å². The van der Waals surface area contributed by atoms with E-state index in [0.717, 1.165) is 6.42 Å². The van der Waals surface area contributed by atoms with Gasteiger partial charge in [0.2, 0.25) is 0 Å². The van der Waals surface area contributed by atoms with Crippen molar-refractivity contribution in [1.82, 2.24) is 0 Å². The van der Waals surface area contributed by atoms with Gasteiger partial charge in [-0.2, -0.15) is 0 Å². The smallest absolute Gasteiger partial charge is 0.0817 e. The van der Waals surface area contributed by atoms with E-state index in [1.165, 1.54) is 4.43 Å². The molecule has 0 saturated heterocycles. The highest BCUT2D eigenvalue weighted by Gasteiger charge is 1.80. The summed E-state index contributed by atoms with van der Waals surface area (Å²) in [5.41, 5.74) is 0. The molecule has 0 atom stereocenters. The van der Waals surface area contributed by atoms with Gasteiger partial charge in [0, 0.05) is 4.43 Å². The summed E-state index contributed by atoms with van der Waals surface area (Å²) in [6.45, 7) is 5.90. The van der Waals surface area contributed by atoms with Crippen LogP contribution in [-0.4, -0.2) is 13.9 Å². The van der Waals surface area contributed by atoms with Gasteiger partial charge in [-0.15, -0.1) is 0 Å². The van der Waals surface area contributed by atoms with E-state index < -0.39 is 0 Å². The van der Waals surface area contributed by atoms with Gasteiger partial charge in [0.25, 0.3) is 0 Å². The first-order valence-corrected chi connectivity index (χ1v) is 7.89. The maximum absolute atomic E-state index is 3.60. The number of benzene rings is 1. The first-order valence-electron chi connectivity index (χ1n) is 4.24. The van der Waals surface area contributed by atoms with E-state index in [9.17, 15) is 0 Å². The molecule has 12 heavy (non-hydrogen) atoms. The predicted molar refractivity (Wildman–Crippen MR) is 69.3 cm³/mol. The lowest BCUT2D eigenvalue weighted by Crippen LogP contribution is -2.07. The summed E-state index contributed by atoms with van der Waals surface area (Å²) in [7, 11) is 0.0913. The zero-order valence-corrected chi connectivity index (χ0v) is 11.2. The van der Waals surface area contributed by atoms with E-state index in [1.54, 1.807) is 5.19 Å². The van der Waals surface area contributed by atoms with Gasteiger partial charge in [0.05, 0.1) is 22.9 Å². The lowest BCUT2D eigenvalue weighted by Gasteiger charge is -1.89. The van der Waals surface area contributed by atoms with E-state index in [0.29, 0.717) is 0 Å². The van der Waals surface area contributed by atoms with Crippen LogP contribution in [0, 0.1) is 6.92 Å². The van der Waals surface area contributed by atoms with Crippen molar-refractivity contribution < 1.29 is 0 Å². The number of alkyl halides is 1. The summed E-state index contributed by atoms with van der Waals surface area (Å²) in [6.07, 6.45) is 1.06. The lowest BCUT2D eigenvalue weighted by molar-refractivity contribution is 1.28. The molecule has 0 spiro atoms. The number of hydrogen-bond acceptors (Lipinski definition) is 0. The third-order valence-corrected chi connectivity index (χ3v) is 3.44. The van der Waals surface area contributed by atoms with Crippen molar-refractivity contribution in [2.75, 3.05) is 4.43 Å². The first kappa shape index (κ1) is 12.0. The Hall–Kier alpha value is 0.0369. The topological polar surface area (TPSA) is 0 Å². The summed E-state index contributed by atoms with van der Waals surface area (Å²) >= 11 is 2.29. The molecule has 0 radical (unpaired) electrons. The Labute approximate surface area is 91.7 Å². The van der Waals surface area contributed by atoms with Crippen LogP contribution in [0.2, 0.25) is 6.55 Å². The molecule has 0 N–H and O–H groups in total. The molecule has 0 aliphatic carbocycles. The normalized spacial score (nSPS) is 9.50. The van der Waals surface area contributed by atoms with Crippen molar-refractivity contribution in [2.45, 2.75) is 13.0 Å². The summed E-state index contributed by atoms with van der Waals surface area (Å²) < 4.78 is 1.18. The average molecular weight is 291 g/mol. The van der Waals surface area contributed by atoms with Gasteiger partial charge in [-0.05, 0) is 0 Å². The van der Waals surface area contributed by atoms with Crippen molar-refractivity contribution in [2.24, 2.45) is 0 Å². The molecule has 0 aliphatic rings. The lowest BCUT2D eigenvalue weighted by atomic mass is 10.4. The summed E-state index contributed by atoms with van der Waals surface area (Å²) in [6, 6.07) is 10.7. The molecule has 2 heteroatoms. The molecule has 0 amide bonds. The Morgan fingerprint density at radius 2 is 1.83 bits per heavy atom. The van der Waals surface area contributed by atoms with Crippen LogP contribution < -0.4 is 5.19 Å². The minimum Gasteiger partial charge on any atom is -0.0817 e. The number of halogens is 1. The van der Waals surface area contributed by atoms with Crippen molar-refractivity contribution in [3.8, 4) is 0 Å². The molecular weight excluding hydrogens is 275 g/mol. The van der Waals surface area contributed by atoms with Gasteiger partial charge >= 0.3 is 0 Å². The standard InChI is InChI=1S/C7H10Si.C3H6I/c1-8-7-5-3-2-4-6-7;1-2-3-4/h2-6H,8H2,1H3;1-3H2/q;+1. The molecule has 0 unspecified atom stereocenters. The van der Waals surface area contributed by atoms with Gasteiger partial charge in [-0.3, -0.25) is 0 Å². The van der Waals surface area contributed by atoms with Crippen LogP contribution in [0.3, 0.4) is 0 Å². The van der Waals surface area contributed by atoms with E-state index in [-0.39, 0.29) is 9.52 Å². The van der Waals surface area contributed by atoms with Crippen LogP contribution in [0.4, 0.5) is 0 Å². The van der Waals surface area contributed by atoms with Gasteiger partial charge in [0.1, 0.15) is 0 Å². The van der Waals surface area contributed by atoms with E-state index >= 15 is 0 Å². The summed E-state index contributed by atoms with van der Waals surface area (Å²) in [5, 5.41) is 1.55. The SMILES string of the molecule is C[SiH2]c1ccccc1.[CH2+]CCI. The number of hydrogen-bond donors (Lipinski definition) is 0. The van der Waals surface area contributed by atoms with Crippen molar-refractivity contribution in [1.29, 1.82) is 0 Å². The molecule has 0 saturated carbocycles. The number of rotatable bonds is 2. The average Bonchev–Trinajstić information content (AvgIpc) is 2.19. The fourth-order valence-electron chi connectivity index (χ4n) is 0.714. The molecule has 0 aliphatic heterocycles. The minimum atomic E-state index is 0.0913. The van der Waals surface area contributed by atoms with Gasteiger partial charge in [0.15, 0.2) is 0 Å². The second-order valence-electron chi connectivity index (χ2n) is 2.38. The van der Waals surface area contributed by atoms with Crippen LogP contribution in [0.15, 0.2) is 30.3 Å². The second kappa shape index (κ2) is 9.13. The Morgan fingerprint density at radius 1 is 1.33 bits per heavy atom. The van der Waals surface area contributed by atoms with Crippen LogP contribution in [0.1, 0.15) is 6.42 Å². The van der Waals surface area contributed by atoms with Crippen LogP contribution in [-0.2, 0) is 0 Å². The van der Waals surface area contributed by atoms with Crippen LogP contribution in [0.25, 0.3) is 0 Å². The van der Waals surface area contributed by atoms with E-state index in [4.69, 9.17) is 0 Å². The largest absolute Gasteiger partial charge is 0.0939 e. The zero-order valence-electron chi connectivity index (χ0n) is 7.59. The van der Waals surface area contributed by atoms with Gasteiger partial charge in [-0.25, -0.2) is 0 Å². The maximum Gasteiger partial charge on any atom is 0.0939 e.